The molecule has 4 rings (SSSR count). The topological polar surface area (TPSA) is 84.9 Å². The van der Waals surface area contributed by atoms with Crippen LogP contribution in [-0.4, -0.2) is 40.3 Å². The van der Waals surface area contributed by atoms with Crippen molar-refractivity contribution in [3.05, 3.63) is 53.1 Å². The summed E-state index contributed by atoms with van der Waals surface area (Å²) in [5.41, 5.74) is 4.48. The van der Waals surface area contributed by atoms with Crippen LogP contribution in [0.25, 0.3) is 0 Å². The van der Waals surface area contributed by atoms with E-state index in [0.29, 0.717) is 36.8 Å². The van der Waals surface area contributed by atoms with Crippen LogP contribution in [0.3, 0.4) is 0 Å². The summed E-state index contributed by atoms with van der Waals surface area (Å²) in [6, 6.07) is 11.6. The van der Waals surface area contributed by atoms with Crippen molar-refractivity contribution in [2.24, 2.45) is 0 Å². The average Bonchev–Trinajstić information content (AvgIpc) is 2.84. The summed E-state index contributed by atoms with van der Waals surface area (Å²) in [5, 5.41) is 3.14. The minimum atomic E-state index is -3.52. The molecule has 184 valence electrons. The number of aryl methyl sites for hydroxylation is 2. The summed E-state index contributed by atoms with van der Waals surface area (Å²) in [5.74, 6) is 1.07. The summed E-state index contributed by atoms with van der Waals surface area (Å²) in [6.45, 7) is 3.18. The van der Waals surface area contributed by atoms with Crippen LogP contribution in [0.4, 0.5) is 5.69 Å². The molecule has 0 saturated carbocycles. The number of benzene rings is 2. The van der Waals surface area contributed by atoms with Crippen molar-refractivity contribution in [1.29, 1.82) is 0 Å². The van der Waals surface area contributed by atoms with Gasteiger partial charge in [-0.2, -0.15) is 0 Å². The molecule has 1 heterocycles. The van der Waals surface area contributed by atoms with Crippen LogP contribution in [0.15, 0.2) is 36.4 Å². The molecule has 0 radical (unpaired) electrons. The molecule has 1 atom stereocenters. The fraction of sp³-hybridized carbons (Fsp3) is 0.500. The van der Waals surface area contributed by atoms with Gasteiger partial charge in [-0.05, 0) is 67.3 Å². The van der Waals surface area contributed by atoms with Crippen molar-refractivity contribution in [1.82, 2.24) is 5.32 Å². The van der Waals surface area contributed by atoms with Crippen molar-refractivity contribution < 1.29 is 22.7 Å². The van der Waals surface area contributed by atoms with Crippen LogP contribution in [-0.2, 0) is 27.7 Å². The number of rotatable bonds is 9. The number of sulfonamides is 1. The fourth-order valence-electron chi connectivity index (χ4n) is 4.71. The molecule has 1 aliphatic heterocycles. The maximum absolute atomic E-state index is 12.7. The lowest BCUT2D eigenvalue weighted by molar-refractivity contribution is -0.121. The molecule has 7 nitrogen and oxygen atoms in total. The average molecular weight is 487 g/mol. The van der Waals surface area contributed by atoms with Gasteiger partial charge in [-0.1, -0.05) is 25.1 Å². The van der Waals surface area contributed by atoms with Gasteiger partial charge in [0.1, 0.15) is 13.2 Å². The predicted molar refractivity (Wildman–Crippen MR) is 133 cm³/mol. The lowest BCUT2D eigenvalue weighted by Gasteiger charge is -2.25. The Morgan fingerprint density at radius 3 is 2.50 bits per heavy atom. The maximum Gasteiger partial charge on any atom is 0.232 e. The Morgan fingerprint density at radius 1 is 1.03 bits per heavy atom. The van der Waals surface area contributed by atoms with Crippen molar-refractivity contribution in [3.63, 3.8) is 0 Å². The van der Waals surface area contributed by atoms with E-state index >= 15 is 0 Å². The first-order valence-electron chi connectivity index (χ1n) is 12.1. The molecule has 0 unspecified atom stereocenters. The molecule has 0 aromatic heterocycles. The molecule has 0 bridgehead atoms. The van der Waals surface area contributed by atoms with E-state index in [2.05, 4.69) is 30.4 Å². The maximum atomic E-state index is 12.7. The van der Waals surface area contributed by atoms with Gasteiger partial charge in [-0.25, -0.2) is 8.42 Å². The molecule has 1 N–H and O–H groups in total. The second-order valence-electron chi connectivity index (χ2n) is 9.03. The zero-order chi connectivity index (χ0) is 24.1. The van der Waals surface area contributed by atoms with E-state index in [0.717, 1.165) is 24.8 Å². The van der Waals surface area contributed by atoms with Gasteiger partial charge in [-0.15, -0.1) is 0 Å². The summed E-state index contributed by atoms with van der Waals surface area (Å²) < 4.78 is 37.3. The number of hydrogen-bond acceptors (Lipinski definition) is 5. The summed E-state index contributed by atoms with van der Waals surface area (Å²) >= 11 is 0. The molecular weight excluding hydrogens is 452 g/mol. The van der Waals surface area contributed by atoms with Gasteiger partial charge in [0.05, 0.1) is 18.0 Å². The van der Waals surface area contributed by atoms with Crippen LogP contribution >= 0.6 is 0 Å². The Balaban J connectivity index is 1.36. The second kappa shape index (κ2) is 10.7. The second-order valence-corrected chi connectivity index (χ2v) is 10.9. The number of ether oxygens (including phenoxy) is 2. The Hall–Kier alpha value is -2.74. The molecule has 1 aliphatic carbocycles. The normalized spacial score (nSPS) is 15.8. The third-order valence-corrected chi connectivity index (χ3v) is 7.69. The molecule has 2 aromatic rings. The molecule has 0 spiro atoms. The van der Waals surface area contributed by atoms with Gasteiger partial charge in [0.25, 0.3) is 0 Å². The van der Waals surface area contributed by atoms with Gasteiger partial charge in [0, 0.05) is 19.0 Å². The molecule has 1 amide bonds. The quantitative estimate of drug-likeness (QED) is 0.576. The van der Waals surface area contributed by atoms with Gasteiger partial charge in [0.2, 0.25) is 15.9 Å². The Bertz CT molecular complexity index is 1130. The van der Waals surface area contributed by atoms with Crippen molar-refractivity contribution in [2.75, 3.05) is 30.3 Å². The van der Waals surface area contributed by atoms with E-state index in [1.165, 1.54) is 34.5 Å². The number of hydrogen-bond donors (Lipinski definition) is 1. The van der Waals surface area contributed by atoms with Crippen molar-refractivity contribution in [2.45, 2.75) is 57.9 Å². The van der Waals surface area contributed by atoms with Crippen LogP contribution in [0.1, 0.15) is 61.8 Å². The number of carbonyl (C=O) groups is 1. The van der Waals surface area contributed by atoms with E-state index < -0.39 is 10.0 Å². The highest BCUT2D eigenvalue weighted by atomic mass is 32.2. The van der Waals surface area contributed by atoms with Gasteiger partial charge < -0.3 is 14.8 Å². The lowest BCUT2D eigenvalue weighted by Crippen LogP contribution is -2.33. The third kappa shape index (κ3) is 5.84. The minimum absolute atomic E-state index is 0.0384. The monoisotopic (exact) mass is 486 g/mol. The first-order valence-corrected chi connectivity index (χ1v) is 14.0. The third-order valence-electron chi connectivity index (χ3n) is 6.50. The summed E-state index contributed by atoms with van der Waals surface area (Å²) in [4.78, 5) is 12.7. The molecule has 0 saturated heterocycles. The van der Waals surface area contributed by atoms with Crippen molar-refractivity contribution >= 4 is 21.6 Å². The SMILES string of the molecule is CC[C@@H](NC(=O)CCCN(c1ccc2c(c1)OCCO2)S(C)(=O)=O)c1ccc2c(c1)CCCC2. The van der Waals surface area contributed by atoms with Crippen LogP contribution in [0.5, 0.6) is 11.5 Å². The highest BCUT2D eigenvalue weighted by Crippen LogP contribution is 2.35. The Kier molecular flexibility index (Phi) is 7.66. The molecule has 34 heavy (non-hydrogen) atoms. The molecule has 8 heteroatoms. The van der Waals surface area contributed by atoms with E-state index in [1.807, 2.05) is 0 Å². The van der Waals surface area contributed by atoms with Gasteiger partial charge >= 0.3 is 0 Å². The molecule has 2 aromatic carbocycles. The van der Waals surface area contributed by atoms with E-state index in [4.69, 9.17) is 9.47 Å². The number of nitrogens with one attached hydrogen (secondary N) is 1. The van der Waals surface area contributed by atoms with Gasteiger partial charge in [-0.3, -0.25) is 9.10 Å². The predicted octanol–water partition coefficient (Wildman–Crippen LogP) is 4.15. The minimum Gasteiger partial charge on any atom is -0.486 e. The molecule has 0 fully saturated rings. The number of fused-ring (bicyclic) bond motifs is 2. The van der Waals surface area contributed by atoms with Gasteiger partial charge in [0.15, 0.2) is 11.5 Å². The smallest absolute Gasteiger partial charge is 0.232 e. The summed E-state index contributed by atoms with van der Waals surface area (Å²) in [7, 11) is -3.52. The summed E-state index contributed by atoms with van der Waals surface area (Å²) in [6.07, 6.45) is 7.35. The van der Waals surface area contributed by atoms with E-state index in [1.54, 1.807) is 18.2 Å². The highest BCUT2D eigenvalue weighted by Gasteiger charge is 2.22. The van der Waals surface area contributed by atoms with Crippen LogP contribution in [0, 0.1) is 0 Å². The van der Waals surface area contributed by atoms with Crippen LogP contribution < -0.4 is 19.1 Å². The zero-order valence-electron chi connectivity index (χ0n) is 20.0. The number of nitrogens with zero attached hydrogens (tertiary/aromatic N) is 1. The first-order chi connectivity index (χ1) is 16.3. The Labute approximate surface area is 202 Å². The zero-order valence-corrected chi connectivity index (χ0v) is 20.8. The highest BCUT2D eigenvalue weighted by molar-refractivity contribution is 7.92. The standard InChI is InChI=1S/C26H34N2O5S/c1-3-23(21-11-10-19-7-4-5-8-20(19)17-21)27-26(29)9-6-14-28(34(2,30)31)22-12-13-24-25(18-22)33-16-15-32-24/h10-13,17-18,23H,3-9,14-16H2,1-2H3,(H,27,29)/t23-/m1/s1. The fourth-order valence-corrected chi connectivity index (χ4v) is 5.67. The van der Waals surface area contributed by atoms with E-state index in [-0.39, 0.29) is 24.9 Å². The number of amides is 1. The van der Waals surface area contributed by atoms with E-state index in [9.17, 15) is 13.2 Å². The number of anilines is 1. The number of carbonyl (C=O) groups excluding carboxylic acids is 1. The first kappa shape index (κ1) is 24.4. The largest absolute Gasteiger partial charge is 0.486 e. The lowest BCUT2D eigenvalue weighted by atomic mass is 9.89. The molecular formula is C26H34N2O5S. The van der Waals surface area contributed by atoms with Crippen LogP contribution in [0.2, 0.25) is 0 Å². The van der Waals surface area contributed by atoms with Crippen molar-refractivity contribution in [3.8, 4) is 11.5 Å². The molecule has 2 aliphatic rings. The Morgan fingerprint density at radius 2 is 1.76 bits per heavy atom.